The average Bonchev–Trinajstić information content (AvgIpc) is 2.36. The van der Waals surface area contributed by atoms with Crippen LogP contribution in [0.2, 0.25) is 0 Å². The van der Waals surface area contributed by atoms with Gasteiger partial charge < -0.3 is 15.7 Å². The molecule has 0 aliphatic heterocycles. The predicted octanol–water partition coefficient (Wildman–Crippen LogP) is 1.18. The monoisotopic (exact) mass is 250 g/mol. The molecule has 0 saturated heterocycles. The molecule has 0 spiro atoms. The molecule has 4 heteroatoms. The van der Waals surface area contributed by atoms with Crippen molar-refractivity contribution in [1.29, 1.82) is 0 Å². The van der Waals surface area contributed by atoms with E-state index in [1.165, 1.54) is 0 Å². The number of hydrogen-bond donors (Lipinski definition) is 3. The van der Waals surface area contributed by atoms with Gasteiger partial charge in [-0.25, -0.2) is 0 Å². The minimum atomic E-state index is 0.0491. The molecular weight excluding hydrogens is 228 g/mol. The molecule has 0 saturated carbocycles. The zero-order chi connectivity index (χ0) is 13.4. The van der Waals surface area contributed by atoms with Gasteiger partial charge in [-0.05, 0) is 11.1 Å². The molecule has 0 heterocycles. The number of nitrogens with one attached hydrogen (secondary N) is 2. The SMILES string of the molecule is CC(C)NCCC(=O)NCc1ccc(CO)cc1. The van der Waals surface area contributed by atoms with E-state index < -0.39 is 0 Å². The molecule has 0 unspecified atom stereocenters. The third-order valence-corrected chi connectivity index (χ3v) is 2.60. The van der Waals surface area contributed by atoms with E-state index in [1.54, 1.807) is 0 Å². The fourth-order valence-electron chi connectivity index (χ4n) is 1.53. The second kappa shape index (κ2) is 7.84. The number of aliphatic hydroxyl groups excluding tert-OH is 1. The molecule has 18 heavy (non-hydrogen) atoms. The molecule has 1 aromatic rings. The van der Waals surface area contributed by atoms with Crippen molar-refractivity contribution >= 4 is 5.91 Å². The van der Waals surface area contributed by atoms with Gasteiger partial charge in [-0.3, -0.25) is 4.79 Å². The Balaban J connectivity index is 2.24. The summed E-state index contributed by atoms with van der Waals surface area (Å²) in [7, 11) is 0. The predicted molar refractivity (Wildman–Crippen MR) is 72.0 cm³/mol. The molecule has 100 valence electrons. The van der Waals surface area contributed by atoms with Crippen molar-refractivity contribution in [3.05, 3.63) is 35.4 Å². The number of rotatable bonds is 7. The van der Waals surface area contributed by atoms with E-state index in [0.29, 0.717) is 25.6 Å². The lowest BCUT2D eigenvalue weighted by atomic mass is 10.1. The summed E-state index contributed by atoms with van der Waals surface area (Å²) in [5.41, 5.74) is 1.92. The van der Waals surface area contributed by atoms with E-state index >= 15 is 0 Å². The highest BCUT2D eigenvalue weighted by Crippen LogP contribution is 2.03. The van der Waals surface area contributed by atoms with Gasteiger partial charge in [-0.15, -0.1) is 0 Å². The van der Waals surface area contributed by atoms with E-state index in [-0.39, 0.29) is 12.5 Å². The van der Waals surface area contributed by atoms with Crippen LogP contribution in [0.15, 0.2) is 24.3 Å². The van der Waals surface area contributed by atoms with Gasteiger partial charge in [0, 0.05) is 25.6 Å². The summed E-state index contributed by atoms with van der Waals surface area (Å²) >= 11 is 0. The van der Waals surface area contributed by atoms with E-state index in [2.05, 4.69) is 24.5 Å². The first-order valence-corrected chi connectivity index (χ1v) is 6.30. The summed E-state index contributed by atoms with van der Waals surface area (Å²) in [5, 5.41) is 15.0. The van der Waals surface area contributed by atoms with Crippen LogP contribution in [0.3, 0.4) is 0 Å². The fraction of sp³-hybridized carbons (Fsp3) is 0.500. The molecule has 4 nitrogen and oxygen atoms in total. The van der Waals surface area contributed by atoms with E-state index in [0.717, 1.165) is 11.1 Å². The van der Waals surface area contributed by atoms with Crippen LogP contribution in [0.1, 0.15) is 31.4 Å². The molecule has 1 aromatic carbocycles. The Morgan fingerprint density at radius 1 is 1.22 bits per heavy atom. The van der Waals surface area contributed by atoms with Crippen molar-refractivity contribution < 1.29 is 9.90 Å². The fourth-order valence-corrected chi connectivity index (χ4v) is 1.53. The summed E-state index contributed by atoms with van der Waals surface area (Å²) < 4.78 is 0. The van der Waals surface area contributed by atoms with Crippen molar-refractivity contribution in [2.24, 2.45) is 0 Å². The van der Waals surface area contributed by atoms with Crippen molar-refractivity contribution in [2.45, 2.75) is 39.5 Å². The lowest BCUT2D eigenvalue weighted by Gasteiger charge is -2.08. The third-order valence-electron chi connectivity index (χ3n) is 2.60. The zero-order valence-corrected chi connectivity index (χ0v) is 11.1. The van der Waals surface area contributed by atoms with Crippen molar-refractivity contribution in [1.82, 2.24) is 10.6 Å². The van der Waals surface area contributed by atoms with Crippen molar-refractivity contribution in [3.63, 3.8) is 0 Å². The maximum Gasteiger partial charge on any atom is 0.221 e. The minimum absolute atomic E-state index is 0.0491. The minimum Gasteiger partial charge on any atom is -0.392 e. The van der Waals surface area contributed by atoms with Crippen LogP contribution >= 0.6 is 0 Å². The van der Waals surface area contributed by atoms with Gasteiger partial charge in [0.15, 0.2) is 0 Å². The molecule has 0 fully saturated rings. The van der Waals surface area contributed by atoms with Gasteiger partial charge in [0.25, 0.3) is 0 Å². The Hall–Kier alpha value is -1.39. The number of amides is 1. The second-order valence-corrected chi connectivity index (χ2v) is 4.61. The lowest BCUT2D eigenvalue weighted by Crippen LogP contribution is -2.30. The molecule has 1 amide bonds. The van der Waals surface area contributed by atoms with Crippen LogP contribution in [-0.2, 0) is 17.9 Å². The number of carbonyl (C=O) groups is 1. The van der Waals surface area contributed by atoms with Crippen molar-refractivity contribution in [3.8, 4) is 0 Å². The average molecular weight is 250 g/mol. The number of carbonyl (C=O) groups excluding carboxylic acids is 1. The first-order chi connectivity index (χ1) is 8.61. The number of hydrogen-bond acceptors (Lipinski definition) is 3. The topological polar surface area (TPSA) is 61.4 Å². The van der Waals surface area contributed by atoms with Gasteiger partial charge in [-0.2, -0.15) is 0 Å². The first-order valence-electron chi connectivity index (χ1n) is 6.30. The van der Waals surface area contributed by atoms with Crippen LogP contribution in [0.5, 0.6) is 0 Å². The molecule has 0 atom stereocenters. The Bertz CT molecular complexity index is 361. The summed E-state index contributed by atoms with van der Waals surface area (Å²) in [5.74, 6) is 0.0504. The number of aliphatic hydroxyl groups is 1. The molecule has 3 N–H and O–H groups in total. The maximum absolute atomic E-state index is 11.5. The first kappa shape index (κ1) is 14.7. The highest BCUT2D eigenvalue weighted by atomic mass is 16.3. The summed E-state index contributed by atoms with van der Waals surface area (Å²) in [6, 6.07) is 7.96. The van der Waals surface area contributed by atoms with Crippen LogP contribution in [-0.4, -0.2) is 23.6 Å². The van der Waals surface area contributed by atoms with Gasteiger partial charge in [-0.1, -0.05) is 38.1 Å². The lowest BCUT2D eigenvalue weighted by molar-refractivity contribution is -0.121. The summed E-state index contributed by atoms with van der Waals surface area (Å²) in [6.07, 6.45) is 0.493. The zero-order valence-electron chi connectivity index (χ0n) is 11.1. The molecule has 0 aliphatic carbocycles. The van der Waals surface area contributed by atoms with Gasteiger partial charge in [0.05, 0.1) is 6.61 Å². The Labute approximate surface area is 108 Å². The quantitative estimate of drug-likeness (QED) is 0.681. The molecule has 0 aromatic heterocycles. The second-order valence-electron chi connectivity index (χ2n) is 4.61. The summed E-state index contributed by atoms with van der Waals surface area (Å²) in [4.78, 5) is 11.5. The Kier molecular flexibility index (Phi) is 6.39. The molecule has 0 aliphatic rings. The van der Waals surface area contributed by atoms with Gasteiger partial charge in [0.1, 0.15) is 0 Å². The molecular formula is C14H22N2O2. The normalized spacial score (nSPS) is 10.7. The number of benzene rings is 1. The van der Waals surface area contributed by atoms with Crippen LogP contribution in [0.4, 0.5) is 0 Å². The highest BCUT2D eigenvalue weighted by molar-refractivity contribution is 5.76. The third kappa shape index (κ3) is 5.80. The van der Waals surface area contributed by atoms with Gasteiger partial charge >= 0.3 is 0 Å². The molecule has 0 radical (unpaired) electrons. The Morgan fingerprint density at radius 2 is 1.83 bits per heavy atom. The van der Waals surface area contributed by atoms with E-state index in [4.69, 9.17) is 5.11 Å². The standard InChI is InChI=1S/C14H22N2O2/c1-11(2)15-8-7-14(18)16-9-12-3-5-13(10-17)6-4-12/h3-6,11,15,17H,7-10H2,1-2H3,(H,16,18). The van der Waals surface area contributed by atoms with E-state index in [9.17, 15) is 4.79 Å². The maximum atomic E-state index is 11.5. The highest BCUT2D eigenvalue weighted by Gasteiger charge is 2.01. The Morgan fingerprint density at radius 3 is 2.39 bits per heavy atom. The van der Waals surface area contributed by atoms with E-state index in [1.807, 2.05) is 24.3 Å². The van der Waals surface area contributed by atoms with Crippen LogP contribution < -0.4 is 10.6 Å². The van der Waals surface area contributed by atoms with Crippen LogP contribution in [0.25, 0.3) is 0 Å². The smallest absolute Gasteiger partial charge is 0.221 e. The largest absolute Gasteiger partial charge is 0.392 e. The van der Waals surface area contributed by atoms with Crippen LogP contribution in [0, 0.1) is 0 Å². The van der Waals surface area contributed by atoms with Gasteiger partial charge in [0.2, 0.25) is 5.91 Å². The molecule has 1 rings (SSSR count). The summed E-state index contributed by atoms with van der Waals surface area (Å²) in [6.45, 7) is 5.40. The van der Waals surface area contributed by atoms with Crippen molar-refractivity contribution in [2.75, 3.05) is 6.54 Å². The molecule has 0 bridgehead atoms.